The van der Waals surface area contributed by atoms with Crippen LogP contribution in [-0.2, 0) is 21.7 Å². The average Bonchev–Trinajstić information content (AvgIpc) is 2.62. The molecule has 0 fully saturated rings. The number of aromatic nitrogens is 2. The molecular weight excluding hydrogens is 358 g/mol. The Kier molecular flexibility index (Phi) is 6.51. The molecule has 1 aromatic carbocycles. The van der Waals surface area contributed by atoms with Crippen LogP contribution in [0.5, 0.6) is 5.75 Å². The minimum Gasteiger partial charge on any atom is -0.490 e. The molecule has 9 heteroatoms. The summed E-state index contributed by atoms with van der Waals surface area (Å²) < 4.78 is 9.76. The largest absolute Gasteiger partial charge is 0.490 e. The molecule has 2 rings (SSSR count). The molecule has 0 saturated carbocycles. The smallest absolute Gasteiger partial charge is 0.310 e. The standard InChI is InChI=1S/C17H19N3O5S/c1-10-13(8-16(21)25-4)11(2)19-17(18-10)26-9-12-5-6-14(20(22)23)15(7-12)24-3/h5-7H,8-9H2,1-4H3. The van der Waals surface area contributed by atoms with E-state index in [9.17, 15) is 14.9 Å². The molecule has 138 valence electrons. The van der Waals surface area contributed by atoms with Crippen molar-refractivity contribution < 1.29 is 19.2 Å². The van der Waals surface area contributed by atoms with E-state index in [1.54, 1.807) is 12.1 Å². The summed E-state index contributed by atoms with van der Waals surface area (Å²) in [6, 6.07) is 4.74. The number of carbonyl (C=O) groups excluding carboxylic acids is 1. The maximum Gasteiger partial charge on any atom is 0.310 e. The SMILES string of the molecule is COC(=O)Cc1c(C)nc(SCc2ccc([N+](=O)[O-])c(OC)c2)nc1C. The molecule has 0 atom stereocenters. The number of aryl methyl sites for hydroxylation is 2. The predicted octanol–water partition coefficient (Wildman–Crippen LogP) is 3.02. The highest BCUT2D eigenvalue weighted by molar-refractivity contribution is 7.98. The van der Waals surface area contributed by atoms with Crippen molar-refractivity contribution >= 4 is 23.4 Å². The van der Waals surface area contributed by atoms with Gasteiger partial charge in [-0.05, 0) is 25.5 Å². The van der Waals surface area contributed by atoms with Crippen molar-refractivity contribution in [3.05, 3.63) is 50.8 Å². The molecule has 1 aromatic heterocycles. The lowest BCUT2D eigenvalue weighted by Gasteiger charge is -2.10. The van der Waals surface area contributed by atoms with Crippen molar-refractivity contribution in [2.24, 2.45) is 0 Å². The van der Waals surface area contributed by atoms with Crippen LogP contribution in [0.4, 0.5) is 5.69 Å². The van der Waals surface area contributed by atoms with Gasteiger partial charge in [-0.15, -0.1) is 0 Å². The number of thioether (sulfide) groups is 1. The van der Waals surface area contributed by atoms with Gasteiger partial charge in [0.25, 0.3) is 0 Å². The first-order chi connectivity index (χ1) is 12.3. The molecule has 0 aliphatic carbocycles. The van der Waals surface area contributed by atoms with Crippen molar-refractivity contribution in [1.82, 2.24) is 9.97 Å². The molecule has 0 bridgehead atoms. The summed E-state index contributed by atoms with van der Waals surface area (Å²) in [5.41, 5.74) is 3.00. The Morgan fingerprint density at radius 2 is 1.88 bits per heavy atom. The molecule has 2 aromatic rings. The van der Waals surface area contributed by atoms with E-state index < -0.39 is 4.92 Å². The number of nitro groups is 1. The number of hydrogen-bond donors (Lipinski definition) is 0. The first-order valence-corrected chi connectivity index (χ1v) is 8.69. The minimum absolute atomic E-state index is 0.0728. The van der Waals surface area contributed by atoms with Gasteiger partial charge in [-0.2, -0.15) is 0 Å². The Labute approximate surface area is 155 Å². The Morgan fingerprint density at radius 1 is 1.23 bits per heavy atom. The quantitative estimate of drug-likeness (QED) is 0.238. The second-order valence-electron chi connectivity index (χ2n) is 5.46. The van der Waals surface area contributed by atoms with Crippen molar-refractivity contribution in [3.8, 4) is 5.75 Å². The fourth-order valence-corrected chi connectivity index (χ4v) is 3.23. The number of ether oxygens (including phenoxy) is 2. The molecule has 0 radical (unpaired) electrons. The van der Waals surface area contributed by atoms with Crippen LogP contribution in [0.25, 0.3) is 0 Å². The molecule has 0 spiro atoms. The lowest BCUT2D eigenvalue weighted by atomic mass is 10.1. The number of methoxy groups -OCH3 is 2. The van der Waals surface area contributed by atoms with Gasteiger partial charge in [0.05, 0.1) is 25.6 Å². The van der Waals surface area contributed by atoms with Crippen LogP contribution in [0.3, 0.4) is 0 Å². The van der Waals surface area contributed by atoms with Crippen LogP contribution in [0.15, 0.2) is 23.4 Å². The molecule has 0 N–H and O–H groups in total. The summed E-state index contributed by atoms with van der Waals surface area (Å²) in [4.78, 5) is 30.8. The molecule has 0 amide bonds. The van der Waals surface area contributed by atoms with Crippen molar-refractivity contribution in [2.45, 2.75) is 31.2 Å². The zero-order valence-corrected chi connectivity index (χ0v) is 15.8. The third-order valence-electron chi connectivity index (χ3n) is 3.76. The van der Waals surface area contributed by atoms with E-state index in [1.807, 2.05) is 13.8 Å². The molecule has 26 heavy (non-hydrogen) atoms. The van der Waals surface area contributed by atoms with E-state index in [1.165, 1.54) is 32.0 Å². The van der Waals surface area contributed by atoms with Gasteiger partial charge in [-0.1, -0.05) is 17.8 Å². The van der Waals surface area contributed by atoms with Crippen LogP contribution < -0.4 is 4.74 Å². The third-order valence-corrected chi connectivity index (χ3v) is 4.68. The zero-order valence-electron chi connectivity index (χ0n) is 14.9. The van der Waals surface area contributed by atoms with E-state index in [0.717, 1.165) is 22.5 Å². The van der Waals surface area contributed by atoms with Crippen LogP contribution in [0.2, 0.25) is 0 Å². The molecular formula is C17H19N3O5S. The molecule has 0 aliphatic heterocycles. The number of rotatable bonds is 7. The summed E-state index contributed by atoms with van der Waals surface area (Å²) in [5, 5.41) is 11.5. The summed E-state index contributed by atoms with van der Waals surface area (Å²) >= 11 is 1.40. The zero-order chi connectivity index (χ0) is 19.3. The molecule has 1 heterocycles. The fraction of sp³-hybridized carbons (Fsp3) is 0.353. The minimum atomic E-state index is -0.481. The molecule has 0 unspecified atom stereocenters. The normalized spacial score (nSPS) is 10.5. The lowest BCUT2D eigenvalue weighted by Crippen LogP contribution is -2.10. The van der Waals surface area contributed by atoms with Crippen molar-refractivity contribution in [3.63, 3.8) is 0 Å². The highest BCUT2D eigenvalue weighted by Crippen LogP contribution is 2.30. The summed E-state index contributed by atoms with van der Waals surface area (Å²) in [6.45, 7) is 3.65. The molecule has 8 nitrogen and oxygen atoms in total. The second kappa shape index (κ2) is 8.61. The number of nitro benzene ring substituents is 1. The van der Waals surface area contributed by atoms with Crippen LogP contribution in [-0.4, -0.2) is 35.1 Å². The summed E-state index contributed by atoms with van der Waals surface area (Å²) in [6.07, 6.45) is 0.138. The van der Waals surface area contributed by atoms with Crippen molar-refractivity contribution in [1.29, 1.82) is 0 Å². The Balaban J connectivity index is 2.15. The van der Waals surface area contributed by atoms with Crippen LogP contribution in [0.1, 0.15) is 22.5 Å². The first kappa shape index (κ1) is 19.6. The van der Waals surface area contributed by atoms with Gasteiger partial charge in [-0.25, -0.2) is 9.97 Å². The third kappa shape index (κ3) is 4.69. The first-order valence-electron chi connectivity index (χ1n) is 7.70. The van der Waals surface area contributed by atoms with Gasteiger partial charge in [0.2, 0.25) is 0 Å². The number of esters is 1. The van der Waals surface area contributed by atoms with Crippen LogP contribution >= 0.6 is 11.8 Å². The maximum atomic E-state index is 11.5. The van der Waals surface area contributed by atoms with Gasteiger partial charge in [0.15, 0.2) is 10.9 Å². The Bertz CT molecular complexity index is 818. The van der Waals surface area contributed by atoms with Gasteiger partial charge < -0.3 is 9.47 Å². The number of hydrogen-bond acceptors (Lipinski definition) is 8. The van der Waals surface area contributed by atoms with E-state index in [2.05, 4.69) is 14.7 Å². The monoisotopic (exact) mass is 377 g/mol. The summed E-state index contributed by atoms with van der Waals surface area (Å²) in [5.74, 6) is 0.414. The van der Waals surface area contributed by atoms with Gasteiger partial charge in [0.1, 0.15) is 0 Å². The number of nitrogens with zero attached hydrogens (tertiary/aromatic N) is 3. The van der Waals surface area contributed by atoms with Gasteiger partial charge in [-0.3, -0.25) is 14.9 Å². The Morgan fingerprint density at radius 3 is 2.42 bits per heavy atom. The van der Waals surface area contributed by atoms with Crippen molar-refractivity contribution in [2.75, 3.05) is 14.2 Å². The lowest BCUT2D eigenvalue weighted by molar-refractivity contribution is -0.385. The van der Waals surface area contributed by atoms with Gasteiger partial charge in [0, 0.05) is 28.8 Å². The Hall–Kier alpha value is -2.68. The second-order valence-corrected chi connectivity index (χ2v) is 6.40. The van der Waals surface area contributed by atoms with E-state index in [4.69, 9.17) is 4.74 Å². The topological polar surface area (TPSA) is 104 Å². The predicted molar refractivity (Wildman–Crippen MR) is 96.4 cm³/mol. The van der Waals surface area contributed by atoms with E-state index in [-0.39, 0.29) is 23.8 Å². The highest BCUT2D eigenvalue weighted by atomic mass is 32.2. The molecule has 0 aliphatic rings. The van der Waals surface area contributed by atoms with Gasteiger partial charge >= 0.3 is 11.7 Å². The fourth-order valence-electron chi connectivity index (χ4n) is 2.36. The number of benzene rings is 1. The summed E-state index contributed by atoms with van der Waals surface area (Å²) in [7, 11) is 2.74. The van der Waals surface area contributed by atoms with E-state index in [0.29, 0.717) is 10.9 Å². The average molecular weight is 377 g/mol. The highest BCUT2D eigenvalue weighted by Gasteiger charge is 2.16. The molecule has 0 saturated heterocycles. The van der Waals surface area contributed by atoms with E-state index >= 15 is 0 Å². The van der Waals surface area contributed by atoms with Crippen LogP contribution in [0, 0.1) is 24.0 Å². The maximum absolute atomic E-state index is 11.5. The number of carbonyl (C=O) groups is 1.